The van der Waals surface area contributed by atoms with Crippen molar-refractivity contribution >= 4 is 40.1 Å². The van der Waals surface area contributed by atoms with Gasteiger partial charge in [0.25, 0.3) is 5.56 Å². The Morgan fingerprint density at radius 2 is 2.31 bits per heavy atom. The summed E-state index contributed by atoms with van der Waals surface area (Å²) in [5.41, 5.74) is -0.306. The molecule has 0 aliphatic carbocycles. The van der Waals surface area contributed by atoms with Gasteiger partial charge in [-0.3, -0.25) is 14.2 Å². The zero-order chi connectivity index (χ0) is 12.3. The Morgan fingerprint density at radius 3 is 2.88 bits per heavy atom. The number of rotatable bonds is 3. The number of hydrogen-bond acceptors (Lipinski definition) is 3. The minimum atomic E-state index is -0.306. The summed E-state index contributed by atoms with van der Waals surface area (Å²) in [6, 6.07) is 0.0440. The van der Waals surface area contributed by atoms with Crippen molar-refractivity contribution in [2.24, 2.45) is 0 Å². The zero-order valence-electron chi connectivity index (χ0n) is 8.83. The predicted molar refractivity (Wildman–Crippen MR) is 69.5 cm³/mol. The number of carbonyl (C=O) groups excluding carboxylic acids is 1. The van der Waals surface area contributed by atoms with Crippen LogP contribution in [0.1, 0.15) is 13.8 Å². The molecule has 88 valence electrons. The summed E-state index contributed by atoms with van der Waals surface area (Å²) in [4.78, 5) is 26.9. The highest BCUT2D eigenvalue weighted by Gasteiger charge is 2.10. The molecule has 0 radical (unpaired) electrons. The molecule has 7 heteroatoms. The van der Waals surface area contributed by atoms with Gasteiger partial charge in [-0.2, -0.15) is 0 Å². The molecular weight excluding hydrogens is 344 g/mol. The highest BCUT2D eigenvalue weighted by atomic mass is 127. The monoisotopic (exact) mass is 355 g/mol. The van der Waals surface area contributed by atoms with E-state index in [1.54, 1.807) is 0 Å². The second-order valence-electron chi connectivity index (χ2n) is 3.50. The zero-order valence-corrected chi connectivity index (χ0v) is 11.7. The lowest BCUT2D eigenvalue weighted by Gasteiger charge is -2.09. The normalized spacial score (nSPS) is 10.6. The third-order valence-corrected chi connectivity index (χ3v) is 3.28. The molecular formula is C9H11ClIN3O2. The van der Waals surface area contributed by atoms with E-state index in [1.165, 1.54) is 10.9 Å². The standard InChI is InChI=1S/C9H11ClIN3O2/c1-5(2)13-6(15)3-14-4-12-8(10)7(11)9(14)16/h4-5H,3H2,1-2H3,(H,13,15). The number of nitrogens with one attached hydrogen (secondary N) is 1. The topological polar surface area (TPSA) is 64.0 Å². The second-order valence-corrected chi connectivity index (χ2v) is 4.94. The van der Waals surface area contributed by atoms with Gasteiger partial charge in [0.15, 0.2) is 0 Å². The molecule has 5 nitrogen and oxygen atoms in total. The van der Waals surface area contributed by atoms with Crippen LogP contribution in [0.4, 0.5) is 0 Å². The lowest BCUT2D eigenvalue weighted by atomic mass is 10.4. The van der Waals surface area contributed by atoms with E-state index in [-0.39, 0.29) is 29.2 Å². The quantitative estimate of drug-likeness (QED) is 0.650. The molecule has 0 fully saturated rings. The van der Waals surface area contributed by atoms with Gasteiger partial charge in [0, 0.05) is 6.04 Å². The Morgan fingerprint density at radius 1 is 1.69 bits per heavy atom. The van der Waals surface area contributed by atoms with Crippen LogP contribution in [0.25, 0.3) is 0 Å². The Balaban J connectivity index is 2.87. The number of hydrogen-bond donors (Lipinski definition) is 1. The van der Waals surface area contributed by atoms with Gasteiger partial charge in [0.2, 0.25) is 5.91 Å². The second kappa shape index (κ2) is 5.62. The predicted octanol–water partition coefficient (Wildman–Crippen LogP) is 1.03. The molecule has 1 aromatic heterocycles. The highest BCUT2D eigenvalue weighted by molar-refractivity contribution is 14.1. The fraction of sp³-hybridized carbons (Fsp3) is 0.444. The first-order valence-corrected chi connectivity index (χ1v) is 6.07. The summed E-state index contributed by atoms with van der Waals surface area (Å²) < 4.78 is 1.55. The first-order chi connectivity index (χ1) is 7.41. The molecule has 1 heterocycles. The fourth-order valence-electron chi connectivity index (χ4n) is 1.08. The SMILES string of the molecule is CC(C)NC(=O)Cn1cnc(Cl)c(I)c1=O. The molecule has 1 rings (SSSR count). The van der Waals surface area contributed by atoms with Crippen LogP contribution in [0.15, 0.2) is 11.1 Å². The highest BCUT2D eigenvalue weighted by Crippen LogP contribution is 2.09. The smallest absolute Gasteiger partial charge is 0.268 e. The molecule has 0 aromatic carbocycles. The van der Waals surface area contributed by atoms with Crippen molar-refractivity contribution < 1.29 is 4.79 Å². The van der Waals surface area contributed by atoms with Crippen LogP contribution in [-0.2, 0) is 11.3 Å². The Bertz CT molecular complexity index is 459. The summed E-state index contributed by atoms with van der Waals surface area (Å²) in [7, 11) is 0. The van der Waals surface area contributed by atoms with Crippen LogP contribution in [0.3, 0.4) is 0 Å². The maximum absolute atomic E-state index is 11.7. The van der Waals surface area contributed by atoms with Crippen LogP contribution in [-0.4, -0.2) is 21.5 Å². The Hall–Kier alpha value is -0.630. The van der Waals surface area contributed by atoms with Crippen LogP contribution in [0.2, 0.25) is 5.15 Å². The van der Waals surface area contributed by atoms with Crippen LogP contribution >= 0.6 is 34.2 Å². The molecule has 0 saturated heterocycles. The van der Waals surface area contributed by atoms with E-state index in [0.29, 0.717) is 3.57 Å². The average molecular weight is 356 g/mol. The van der Waals surface area contributed by atoms with Crippen molar-refractivity contribution in [3.8, 4) is 0 Å². The molecule has 1 amide bonds. The number of aromatic nitrogens is 2. The lowest BCUT2D eigenvalue weighted by molar-refractivity contribution is -0.122. The lowest BCUT2D eigenvalue weighted by Crippen LogP contribution is -2.36. The van der Waals surface area contributed by atoms with Gasteiger partial charge in [-0.05, 0) is 36.4 Å². The van der Waals surface area contributed by atoms with Gasteiger partial charge in [-0.15, -0.1) is 0 Å². The molecule has 16 heavy (non-hydrogen) atoms. The van der Waals surface area contributed by atoms with E-state index >= 15 is 0 Å². The van der Waals surface area contributed by atoms with Gasteiger partial charge in [-0.25, -0.2) is 4.98 Å². The summed E-state index contributed by atoms with van der Waals surface area (Å²) in [6.07, 6.45) is 1.27. The van der Waals surface area contributed by atoms with Crippen molar-refractivity contribution in [1.82, 2.24) is 14.9 Å². The van der Waals surface area contributed by atoms with Crippen molar-refractivity contribution in [1.29, 1.82) is 0 Å². The Kier molecular flexibility index (Phi) is 4.72. The third kappa shape index (κ3) is 3.44. The van der Waals surface area contributed by atoms with Crippen molar-refractivity contribution in [3.63, 3.8) is 0 Å². The molecule has 0 aliphatic rings. The van der Waals surface area contributed by atoms with Crippen LogP contribution < -0.4 is 10.9 Å². The van der Waals surface area contributed by atoms with Crippen LogP contribution in [0, 0.1) is 3.57 Å². The third-order valence-electron chi connectivity index (χ3n) is 1.70. The molecule has 0 unspecified atom stereocenters. The maximum Gasteiger partial charge on any atom is 0.268 e. The molecule has 1 N–H and O–H groups in total. The number of carbonyl (C=O) groups is 1. The number of halogens is 2. The van der Waals surface area contributed by atoms with E-state index in [9.17, 15) is 9.59 Å². The minimum Gasteiger partial charge on any atom is -0.352 e. The van der Waals surface area contributed by atoms with Crippen LogP contribution in [0.5, 0.6) is 0 Å². The van der Waals surface area contributed by atoms with Crippen molar-refractivity contribution in [2.75, 3.05) is 0 Å². The van der Waals surface area contributed by atoms with E-state index in [1.807, 2.05) is 36.4 Å². The molecule has 0 spiro atoms. The first kappa shape index (κ1) is 13.4. The molecule has 1 aromatic rings. The number of nitrogens with zero attached hydrogens (tertiary/aromatic N) is 2. The molecule has 0 atom stereocenters. The first-order valence-electron chi connectivity index (χ1n) is 4.61. The molecule has 0 saturated carbocycles. The molecule has 0 bridgehead atoms. The summed E-state index contributed by atoms with van der Waals surface area (Å²) >= 11 is 7.48. The molecule has 0 aliphatic heterocycles. The van der Waals surface area contributed by atoms with E-state index < -0.39 is 0 Å². The minimum absolute atomic E-state index is 0.0440. The van der Waals surface area contributed by atoms with Gasteiger partial charge in [0.05, 0.1) is 6.33 Å². The van der Waals surface area contributed by atoms with Crippen molar-refractivity contribution in [3.05, 3.63) is 25.4 Å². The van der Waals surface area contributed by atoms with E-state index in [2.05, 4.69) is 10.3 Å². The van der Waals surface area contributed by atoms with Gasteiger partial charge < -0.3 is 5.32 Å². The fourth-order valence-corrected chi connectivity index (χ4v) is 1.65. The average Bonchev–Trinajstić information content (AvgIpc) is 2.18. The van der Waals surface area contributed by atoms with Gasteiger partial charge in [0.1, 0.15) is 15.3 Å². The van der Waals surface area contributed by atoms with Gasteiger partial charge >= 0.3 is 0 Å². The summed E-state index contributed by atoms with van der Waals surface area (Å²) in [6.45, 7) is 3.66. The van der Waals surface area contributed by atoms with Gasteiger partial charge in [-0.1, -0.05) is 11.6 Å². The van der Waals surface area contributed by atoms with Crippen molar-refractivity contribution in [2.45, 2.75) is 26.4 Å². The van der Waals surface area contributed by atoms with E-state index in [0.717, 1.165) is 0 Å². The summed E-state index contributed by atoms with van der Waals surface area (Å²) in [5.74, 6) is -0.225. The summed E-state index contributed by atoms with van der Waals surface area (Å²) in [5, 5.41) is 2.85. The largest absolute Gasteiger partial charge is 0.352 e. The maximum atomic E-state index is 11.7. The Labute approximate surface area is 111 Å². The number of amides is 1. The van der Waals surface area contributed by atoms with E-state index in [4.69, 9.17) is 11.6 Å².